The molecule has 1 aromatic rings. The lowest BCUT2D eigenvalue weighted by Crippen LogP contribution is -2.32. The van der Waals surface area contributed by atoms with Crippen LogP contribution in [-0.2, 0) is 16.6 Å². The Morgan fingerprint density at radius 3 is 2.22 bits per heavy atom. The summed E-state index contributed by atoms with van der Waals surface area (Å²) in [5.74, 6) is -0.708. The number of carboxylic acids is 1. The molecule has 0 spiro atoms. The summed E-state index contributed by atoms with van der Waals surface area (Å²) in [6.45, 7) is 10.2. The quantitative estimate of drug-likeness (QED) is 0.882. The molecule has 0 amide bonds. The van der Waals surface area contributed by atoms with E-state index in [4.69, 9.17) is 0 Å². The fraction of sp³-hybridized carbons (Fsp3) is 0.714. The van der Waals surface area contributed by atoms with Crippen LogP contribution in [0.3, 0.4) is 0 Å². The van der Waals surface area contributed by atoms with Crippen molar-refractivity contribution in [1.82, 2.24) is 4.98 Å². The Morgan fingerprint density at radius 2 is 1.89 bits per heavy atom. The van der Waals surface area contributed by atoms with Crippen LogP contribution in [0.25, 0.3) is 0 Å². The summed E-state index contributed by atoms with van der Waals surface area (Å²) in [6, 6.07) is 0. The van der Waals surface area contributed by atoms with E-state index in [9.17, 15) is 9.90 Å². The van der Waals surface area contributed by atoms with Gasteiger partial charge in [0.15, 0.2) is 0 Å². The Balaban J connectivity index is 2.96. The van der Waals surface area contributed by atoms with Gasteiger partial charge in [0, 0.05) is 17.2 Å². The SMILES string of the molecule is CCC(CC)(Cc1nc(C(C)(C)C)cs1)C(=O)O. The van der Waals surface area contributed by atoms with Crippen LogP contribution < -0.4 is 0 Å². The molecule has 4 heteroatoms. The number of hydrogen-bond acceptors (Lipinski definition) is 3. The zero-order chi connectivity index (χ0) is 14.0. The maximum atomic E-state index is 11.5. The first-order valence-electron chi connectivity index (χ1n) is 6.43. The van der Waals surface area contributed by atoms with Crippen LogP contribution in [0.1, 0.15) is 58.2 Å². The van der Waals surface area contributed by atoms with Gasteiger partial charge in [0.25, 0.3) is 0 Å². The number of aliphatic carboxylic acids is 1. The van der Waals surface area contributed by atoms with Gasteiger partial charge in [-0.3, -0.25) is 4.79 Å². The first-order chi connectivity index (χ1) is 8.25. The van der Waals surface area contributed by atoms with E-state index in [1.807, 2.05) is 19.2 Å². The molecular weight excluding hydrogens is 246 g/mol. The summed E-state index contributed by atoms with van der Waals surface area (Å²) in [4.78, 5) is 16.1. The van der Waals surface area contributed by atoms with Crippen molar-refractivity contribution < 1.29 is 9.90 Å². The zero-order valence-corrected chi connectivity index (χ0v) is 12.7. The van der Waals surface area contributed by atoms with Crippen molar-refractivity contribution in [3.8, 4) is 0 Å². The molecule has 0 radical (unpaired) electrons. The highest BCUT2D eigenvalue weighted by atomic mass is 32.1. The molecular formula is C14H23NO2S. The second-order valence-electron chi connectivity index (χ2n) is 5.85. The van der Waals surface area contributed by atoms with Crippen molar-refractivity contribution in [2.75, 3.05) is 0 Å². The van der Waals surface area contributed by atoms with E-state index in [0.717, 1.165) is 10.7 Å². The Kier molecular flexibility index (Phi) is 4.54. The Labute approximate surface area is 113 Å². The van der Waals surface area contributed by atoms with Gasteiger partial charge in [-0.15, -0.1) is 11.3 Å². The molecule has 0 unspecified atom stereocenters. The lowest BCUT2D eigenvalue weighted by atomic mass is 9.79. The van der Waals surface area contributed by atoms with Crippen LogP contribution in [-0.4, -0.2) is 16.1 Å². The molecule has 18 heavy (non-hydrogen) atoms. The Bertz CT molecular complexity index is 414. The van der Waals surface area contributed by atoms with Crippen LogP contribution in [0.15, 0.2) is 5.38 Å². The van der Waals surface area contributed by atoms with E-state index < -0.39 is 11.4 Å². The molecule has 0 aromatic carbocycles. The summed E-state index contributed by atoms with van der Waals surface area (Å²) in [6.07, 6.45) is 1.82. The fourth-order valence-corrected chi connectivity index (χ4v) is 3.07. The highest BCUT2D eigenvalue weighted by molar-refractivity contribution is 7.09. The summed E-state index contributed by atoms with van der Waals surface area (Å²) in [5.41, 5.74) is 0.417. The standard InChI is InChI=1S/C14H23NO2S/c1-6-14(7-2,12(16)17)8-11-15-10(9-18-11)13(3,4)5/h9H,6-8H2,1-5H3,(H,16,17). The molecule has 1 heterocycles. The monoisotopic (exact) mass is 269 g/mol. The Hall–Kier alpha value is -0.900. The number of nitrogens with zero attached hydrogens (tertiary/aromatic N) is 1. The van der Waals surface area contributed by atoms with Gasteiger partial charge in [-0.05, 0) is 12.8 Å². The maximum absolute atomic E-state index is 11.5. The predicted octanol–water partition coefficient (Wildman–Crippen LogP) is 3.87. The van der Waals surface area contributed by atoms with Gasteiger partial charge < -0.3 is 5.11 Å². The third kappa shape index (κ3) is 3.10. The molecule has 102 valence electrons. The zero-order valence-electron chi connectivity index (χ0n) is 11.9. The third-order valence-electron chi connectivity index (χ3n) is 3.62. The molecule has 0 fully saturated rings. The minimum Gasteiger partial charge on any atom is -0.481 e. The Morgan fingerprint density at radius 1 is 1.33 bits per heavy atom. The van der Waals surface area contributed by atoms with Crippen LogP contribution in [0, 0.1) is 5.41 Å². The topological polar surface area (TPSA) is 50.2 Å². The number of thiazole rings is 1. The molecule has 0 aliphatic carbocycles. The van der Waals surface area contributed by atoms with Gasteiger partial charge in [-0.2, -0.15) is 0 Å². The van der Waals surface area contributed by atoms with Crippen molar-refractivity contribution in [2.24, 2.45) is 5.41 Å². The average molecular weight is 269 g/mol. The lowest BCUT2D eigenvalue weighted by molar-refractivity contribution is -0.149. The van der Waals surface area contributed by atoms with E-state index in [2.05, 4.69) is 25.8 Å². The predicted molar refractivity (Wildman–Crippen MR) is 75.2 cm³/mol. The molecule has 0 aliphatic rings. The van der Waals surface area contributed by atoms with Crippen molar-refractivity contribution in [2.45, 2.75) is 59.3 Å². The van der Waals surface area contributed by atoms with Crippen molar-refractivity contribution in [3.05, 3.63) is 16.1 Å². The van der Waals surface area contributed by atoms with Gasteiger partial charge >= 0.3 is 5.97 Å². The summed E-state index contributed by atoms with van der Waals surface area (Å²) in [5, 5.41) is 12.4. The van der Waals surface area contributed by atoms with E-state index in [-0.39, 0.29) is 5.41 Å². The number of aromatic nitrogens is 1. The number of carbonyl (C=O) groups is 1. The summed E-state index contributed by atoms with van der Waals surface area (Å²) in [7, 11) is 0. The molecule has 0 aliphatic heterocycles. The van der Waals surface area contributed by atoms with Gasteiger partial charge in [0.1, 0.15) is 0 Å². The van der Waals surface area contributed by atoms with Crippen LogP contribution in [0.5, 0.6) is 0 Å². The van der Waals surface area contributed by atoms with Gasteiger partial charge in [0.05, 0.1) is 16.1 Å². The summed E-state index contributed by atoms with van der Waals surface area (Å²) < 4.78 is 0. The second-order valence-corrected chi connectivity index (χ2v) is 6.79. The first-order valence-corrected chi connectivity index (χ1v) is 7.31. The van der Waals surface area contributed by atoms with Gasteiger partial charge in [0.2, 0.25) is 0 Å². The largest absolute Gasteiger partial charge is 0.481 e. The van der Waals surface area contributed by atoms with Crippen molar-refractivity contribution >= 4 is 17.3 Å². The molecule has 0 saturated carbocycles. The molecule has 3 nitrogen and oxygen atoms in total. The third-order valence-corrected chi connectivity index (χ3v) is 4.47. The molecule has 0 atom stereocenters. The molecule has 1 aromatic heterocycles. The van der Waals surface area contributed by atoms with Gasteiger partial charge in [-0.1, -0.05) is 34.6 Å². The normalized spacial score (nSPS) is 12.7. The lowest BCUT2D eigenvalue weighted by Gasteiger charge is -2.25. The minimum atomic E-state index is -0.708. The highest BCUT2D eigenvalue weighted by Gasteiger charge is 2.36. The minimum absolute atomic E-state index is 0.0268. The maximum Gasteiger partial charge on any atom is 0.310 e. The number of rotatable bonds is 5. The molecule has 0 bridgehead atoms. The van der Waals surface area contributed by atoms with E-state index >= 15 is 0 Å². The van der Waals surface area contributed by atoms with Crippen LogP contribution in [0.2, 0.25) is 0 Å². The average Bonchev–Trinajstić information content (AvgIpc) is 2.73. The number of carboxylic acid groups (broad SMARTS) is 1. The van der Waals surface area contributed by atoms with Gasteiger partial charge in [-0.25, -0.2) is 4.98 Å². The van der Waals surface area contributed by atoms with E-state index in [1.165, 1.54) is 0 Å². The first kappa shape index (κ1) is 15.2. The fourth-order valence-electron chi connectivity index (χ4n) is 1.90. The molecule has 1 rings (SSSR count). The van der Waals surface area contributed by atoms with Crippen LogP contribution in [0.4, 0.5) is 0 Å². The highest BCUT2D eigenvalue weighted by Crippen LogP contribution is 2.33. The smallest absolute Gasteiger partial charge is 0.310 e. The second kappa shape index (κ2) is 5.39. The van der Waals surface area contributed by atoms with E-state index in [1.54, 1.807) is 11.3 Å². The van der Waals surface area contributed by atoms with Crippen molar-refractivity contribution in [1.29, 1.82) is 0 Å². The number of hydrogen-bond donors (Lipinski definition) is 1. The molecule has 1 N–H and O–H groups in total. The van der Waals surface area contributed by atoms with E-state index in [0.29, 0.717) is 19.3 Å². The molecule has 0 saturated heterocycles. The summed E-state index contributed by atoms with van der Waals surface area (Å²) >= 11 is 1.58. The van der Waals surface area contributed by atoms with Crippen molar-refractivity contribution in [3.63, 3.8) is 0 Å². The van der Waals surface area contributed by atoms with Crippen LogP contribution >= 0.6 is 11.3 Å².